The molecule has 4 aromatic rings. The van der Waals surface area contributed by atoms with Crippen LogP contribution in [-0.2, 0) is 23.5 Å². The van der Waals surface area contributed by atoms with Crippen molar-refractivity contribution < 1.29 is 13.6 Å². The van der Waals surface area contributed by atoms with Crippen molar-refractivity contribution in [1.29, 1.82) is 0 Å². The van der Waals surface area contributed by atoms with Gasteiger partial charge in [-0.2, -0.15) is 0 Å². The highest BCUT2D eigenvalue weighted by atomic mass is 32.2. The Labute approximate surface area is 194 Å². The minimum absolute atomic E-state index is 0.144. The van der Waals surface area contributed by atoms with Gasteiger partial charge in [0.2, 0.25) is 5.91 Å². The normalized spacial score (nSPS) is 10.9. The number of aromatic nitrogens is 3. The molecule has 5 nitrogen and oxygen atoms in total. The van der Waals surface area contributed by atoms with E-state index >= 15 is 0 Å². The van der Waals surface area contributed by atoms with Crippen molar-refractivity contribution in [2.45, 2.75) is 30.8 Å². The second-order valence-electron chi connectivity index (χ2n) is 7.56. The number of amides is 1. The zero-order valence-corrected chi connectivity index (χ0v) is 18.8. The van der Waals surface area contributed by atoms with E-state index in [-0.39, 0.29) is 30.5 Å². The van der Waals surface area contributed by atoms with Crippen LogP contribution >= 0.6 is 11.8 Å². The first-order chi connectivity index (χ1) is 16.0. The minimum Gasteiger partial charge on any atom is -0.348 e. The molecule has 168 valence electrons. The van der Waals surface area contributed by atoms with Gasteiger partial charge in [0.05, 0.1) is 13.0 Å². The molecule has 33 heavy (non-hydrogen) atoms. The Bertz CT molecular complexity index is 1220. The number of nitrogens with zero attached hydrogens (tertiary/aromatic N) is 3. The third-order valence-corrected chi connectivity index (χ3v) is 6.00. The quantitative estimate of drug-likeness (QED) is 0.373. The van der Waals surface area contributed by atoms with Crippen molar-refractivity contribution in [3.63, 3.8) is 0 Å². The molecule has 0 atom stereocenters. The van der Waals surface area contributed by atoms with Gasteiger partial charge in [0.1, 0.15) is 11.6 Å². The number of hydrogen-bond acceptors (Lipinski definition) is 4. The molecule has 0 aliphatic carbocycles. The summed E-state index contributed by atoms with van der Waals surface area (Å²) in [7, 11) is 0. The molecule has 1 amide bonds. The minimum atomic E-state index is -0.337. The Morgan fingerprint density at radius 3 is 2.12 bits per heavy atom. The zero-order chi connectivity index (χ0) is 23.2. The molecule has 1 aromatic heterocycles. The lowest BCUT2D eigenvalue weighted by Gasteiger charge is -2.11. The molecular weight excluding hydrogens is 442 g/mol. The van der Waals surface area contributed by atoms with E-state index in [2.05, 4.69) is 15.5 Å². The number of aryl methyl sites for hydroxylation is 1. The summed E-state index contributed by atoms with van der Waals surface area (Å²) in [5.74, 6) is 0.385. The number of carbonyl (C=O) groups excluding carboxylic acids is 1. The van der Waals surface area contributed by atoms with E-state index in [1.54, 1.807) is 24.3 Å². The summed E-state index contributed by atoms with van der Waals surface area (Å²) < 4.78 is 28.2. The predicted molar refractivity (Wildman–Crippen MR) is 124 cm³/mol. The van der Waals surface area contributed by atoms with Crippen LogP contribution in [0.1, 0.15) is 22.5 Å². The maximum atomic E-state index is 13.2. The summed E-state index contributed by atoms with van der Waals surface area (Å²) >= 11 is 1.48. The Kier molecular flexibility index (Phi) is 7.14. The second kappa shape index (κ2) is 10.4. The Morgan fingerprint density at radius 1 is 0.879 bits per heavy atom. The largest absolute Gasteiger partial charge is 0.348 e. The highest BCUT2D eigenvalue weighted by Crippen LogP contribution is 2.25. The van der Waals surface area contributed by atoms with Crippen molar-refractivity contribution in [1.82, 2.24) is 20.1 Å². The summed E-state index contributed by atoms with van der Waals surface area (Å²) in [5, 5.41) is 12.2. The molecule has 4 rings (SSSR count). The number of rotatable bonds is 8. The molecule has 0 saturated heterocycles. The van der Waals surface area contributed by atoms with Crippen molar-refractivity contribution in [3.8, 4) is 5.69 Å². The van der Waals surface area contributed by atoms with Crippen LogP contribution in [0.4, 0.5) is 8.78 Å². The van der Waals surface area contributed by atoms with E-state index in [0.29, 0.717) is 16.7 Å². The van der Waals surface area contributed by atoms with Crippen LogP contribution in [0.25, 0.3) is 5.69 Å². The third kappa shape index (κ3) is 6.04. The fraction of sp³-hybridized carbons (Fsp3) is 0.160. The summed E-state index contributed by atoms with van der Waals surface area (Å²) in [6, 6.07) is 20.2. The maximum absolute atomic E-state index is 13.2. The Hall–Kier alpha value is -3.52. The number of thioether (sulfide) groups is 1. The average molecular weight is 465 g/mol. The standard InChI is InChI=1S/C25H22F2N4OS/c1-17-2-12-22(13-3-17)31-23(15-28-24(32)14-18-4-8-20(26)9-5-18)29-30-25(31)33-16-19-6-10-21(27)11-7-19/h2-13H,14-16H2,1H3,(H,28,32). The van der Waals surface area contributed by atoms with Crippen molar-refractivity contribution in [2.75, 3.05) is 0 Å². The zero-order valence-electron chi connectivity index (χ0n) is 18.0. The highest BCUT2D eigenvalue weighted by Gasteiger charge is 2.16. The van der Waals surface area contributed by atoms with Gasteiger partial charge in [0, 0.05) is 11.4 Å². The summed E-state index contributed by atoms with van der Waals surface area (Å²) in [4.78, 5) is 12.4. The third-order valence-electron chi connectivity index (χ3n) is 5.00. The molecule has 8 heteroatoms. The molecule has 0 radical (unpaired) electrons. The molecule has 0 saturated carbocycles. The number of halogens is 2. The van der Waals surface area contributed by atoms with Crippen molar-refractivity contribution >= 4 is 17.7 Å². The van der Waals surface area contributed by atoms with Crippen LogP contribution in [-0.4, -0.2) is 20.7 Å². The van der Waals surface area contributed by atoms with Crippen LogP contribution in [0.2, 0.25) is 0 Å². The van der Waals surface area contributed by atoms with Gasteiger partial charge in [-0.25, -0.2) is 8.78 Å². The molecule has 0 bridgehead atoms. The predicted octanol–water partition coefficient (Wildman–Crippen LogP) is 5.01. The van der Waals surface area contributed by atoms with Gasteiger partial charge in [-0.15, -0.1) is 10.2 Å². The number of hydrogen-bond donors (Lipinski definition) is 1. The number of nitrogens with one attached hydrogen (secondary N) is 1. The van der Waals surface area contributed by atoms with E-state index in [0.717, 1.165) is 22.4 Å². The van der Waals surface area contributed by atoms with E-state index in [1.165, 1.54) is 36.0 Å². The molecule has 1 heterocycles. The lowest BCUT2D eigenvalue weighted by atomic mass is 10.1. The topological polar surface area (TPSA) is 59.8 Å². The molecule has 0 fully saturated rings. The molecule has 3 aromatic carbocycles. The van der Waals surface area contributed by atoms with E-state index in [4.69, 9.17) is 0 Å². The van der Waals surface area contributed by atoms with Gasteiger partial charge in [0.25, 0.3) is 0 Å². The fourth-order valence-electron chi connectivity index (χ4n) is 3.22. The molecular formula is C25H22F2N4OS. The van der Waals surface area contributed by atoms with Gasteiger partial charge in [0.15, 0.2) is 11.0 Å². The highest BCUT2D eigenvalue weighted by molar-refractivity contribution is 7.98. The molecule has 0 spiro atoms. The maximum Gasteiger partial charge on any atom is 0.224 e. The Morgan fingerprint density at radius 2 is 1.48 bits per heavy atom. The van der Waals surface area contributed by atoms with Crippen LogP contribution in [0, 0.1) is 18.6 Å². The Balaban J connectivity index is 1.50. The lowest BCUT2D eigenvalue weighted by Crippen LogP contribution is -2.26. The summed E-state index contributed by atoms with van der Waals surface area (Å²) in [6.45, 7) is 2.20. The SMILES string of the molecule is Cc1ccc(-n2c(CNC(=O)Cc3ccc(F)cc3)nnc2SCc2ccc(F)cc2)cc1. The first-order valence-corrected chi connectivity index (χ1v) is 11.4. The molecule has 1 N–H and O–H groups in total. The van der Waals surface area contributed by atoms with Crippen LogP contribution in [0.5, 0.6) is 0 Å². The first-order valence-electron chi connectivity index (χ1n) is 10.4. The molecule has 0 aliphatic heterocycles. The van der Waals surface area contributed by atoms with Crippen LogP contribution in [0.15, 0.2) is 78.0 Å². The van der Waals surface area contributed by atoms with Crippen LogP contribution < -0.4 is 5.32 Å². The lowest BCUT2D eigenvalue weighted by molar-refractivity contribution is -0.120. The van der Waals surface area contributed by atoms with Crippen molar-refractivity contribution in [2.24, 2.45) is 0 Å². The van der Waals surface area contributed by atoms with E-state index < -0.39 is 0 Å². The summed E-state index contributed by atoms with van der Waals surface area (Å²) in [5.41, 5.74) is 3.70. The average Bonchev–Trinajstić information content (AvgIpc) is 3.22. The number of benzene rings is 3. The first kappa shape index (κ1) is 22.7. The van der Waals surface area contributed by atoms with Gasteiger partial charge in [-0.1, -0.05) is 53.7 Å². The van der Waals surface area contributed by atoms with Gasteiger partial charge in [-0.05, 0) is 54.4 Å². The summed E-state index contributed by atoms with van der Waals surface area (Å²) in [6.07, 6.45) is 0.144. The second-order valence-corrected chi connectivity index (χ2v) is 8.51. The number of carbonyl (C=O) groups is 1. The van der Waals surface area contributed by atoms with E-state index in [1.807, 2.05) is 35.8 Å². The van der Waals surface area contributed by atoms with Crippen LogP contribution in [0.3, 0.4) is 0 Å². The smallest absolute Gasteiger partial charge is 0.224 e. The van der Waals surface area contributed by atoms with Gasteiger partial charge >= 0.3 is 0 Å². The van der Waals surface area contributed by atoms with Crippen molar-refractivity contribution in [3.05, 3.63) is 107 Å². The van der Waals surface area contributed by atoms with Gasteiger partial charge < -0.3 is 5.32 Å². The fourth-order valence-corrected chi connectivity index (χ4v) is 4.14. The monoisotopic (exact) mass is 464 g/mol. The van der Waals surface area contributed by atoms with Gasteiger partial charge in [-0.3, -0.25) is 9.36 Å². The molecule has 0 unspecified atom stereocenters. The molecule has 0 aliphatic rings. The van der Waals surface area contributed by atoms with E-state index in [9.17, 15) is 13.6 Å².